The summed E-state index contributed by atoms with van der Waals surface area (Å²) in [6.07, 6.45) is 1.90. The Kier molecular flexibility index (Phi) is 5.92. The molecule has 0 aliphatic heterocycles. The summed E-state index contributed by atoms with van der Waals surface area (Å²) in [5, 5.41) is 4.57. The summed E-state index contributed by atoms with van der Waals surface area (Å²) >= 11 is 2.44. The summed E-state index contributed by atoms with van der Waals surface area (Å²) in [6, 6.07) is 9.18. The smallest absolute Gasteiger partial charge is 0.348 e. The number of esters is 1. The van der Waals surface area contributed by atoms with E-state index in [0.717, 1.165) is 18.4 Å². The number of ether oxygens (including phenoxy) is 1. The van der Waals surface area contributed by atoms with E-state index in [2.05, 4.69) is 10.3 Å². The van der Waals surface area contributed by atoms with Crippen molar-refractivity contribution in [2.24, 2.45) is 0 Å². The number of nitrogens with one attached hydrogen (secondary N) is 1. The first-order chi connectivity index (χ1) is 14.5. The number of amides is 1. The van der Waals surface area contributed by atoms with Crippen LogP contribution >= 0.6 is 23.1 Å². The van der Waals surface area contributed by atoms with Crippen LogP contribution in [0.5, 0.6) is 0 Å². The maximum Gasteiger partial charge on any atom is 0.348 e. The summed E-state index contributed by atoms with van der Waals surface area (Å²) in [5.41, 5.74) is 1.34. The van der Waals surface area contributed by atoms with Crippen LogP contribution < -0.4 is 10.9 Å². The van der Waals surface area contributed by atoms with Crippen molar-refractivity contribution in [2.75, 3.05) is 17.7 Å². The topological polar surface area (TPSA) is 90.3 Å². The molecule has 7 nitrogen and oxygen atoms in total. The highest BCUT2D eigenvalue weighted by Crippen LogP contribution is 2.37. The monoisotopic (exact) mass is 443 g/mol. The van der Waals surface area contributed by atoms with Crippen LogP contribution in [-0.2, 0) is 9.53 Å². The average molecular weight is 444 g/mol. The first-order valence-electron chi connectivity index (χ1n) is 9.69. The van der Waals surface area contributed by atoms with Crippen molar-refractivity contribution in [1.29, 1.82) is 0 Å². The number of benzene rings is 1. The van der Waals surface area contributed by atoms with Gasteiger partial charge in [-0.2, -0.15) is 0 Å². The number of fused-ring (bicyclic) bond motifs is 1. The maximum atomic E-state index is 12.9. The van der Waals surface area contributed by atoms with Crippen LogP contribution in [0.4, 0.5) is 5.00 Å². The Morgan fingerprint density at radius 1 is 1.33 bits per heavy atom. The van der Waals surface area contributed by atoms with Crippen molar-refractivity contribution in [3.63, 3.8) is 0 Å². The summed E-state index contributed by atoms with van der Waals surface area (Å²) in [6.45, 7) is 3.86. The third kappa shape index (κ3) is 4.27. The fourth-order valence-corrected chi connectivity index (χ4v) is 4.98. The summed E-state index contributed by atoms with van der Waals surface area (Å²) in [5.74, 6) is -0.492. The molecule has 1 saturated carbocycles. The van der Waals surface area contributed by atoms with Gasteiger partial charge in [-0.1, -0.05) is 23.9 Å². The quantitative estimate of drug-likeness (QED) is 0.337. The lowest BCUT2D eigenvalue weighted by Crippen LogP contribution is -2.23. The molecule has 1 aliphatic carbocycles. The van der Waals surface area contributed by atoms with Crippen LogP contribution in [0.1, 0.15) is 41.0 Å². The number of aromatic nitrogens is 2. The Hall–Kier alpha value is -2.65. The first kappa shape index (κ1) is 20.6. The molecule has 1 amide bonds. The van der Waals surface area contributed by atoms with E-state index in [1.54, 1.807) is 30.5 Å². The second-order valence-corrected chi connectivity index (χ2v) is 8.99. The lowest BCUT2D eigenvalue weighted by atomic mass is 10.2. The van der Waals surface area contributed by atoms with Gasteiger partial charge in [-0.05, 0) is 50.5 Å². The number of carbonyl (C=O) groups is 2. The molecule has 9 heteroatoms. The molecule has 0 atom stereocenters. The second-order valence-electron chi connectivity index (χ2n) is 7.00. The molecule has 4 rings (SSSR count). The van der Waals surface area contributed by atoms with Gasteiger partial charge in [-0.15, -0.1) is 11.3 Å². The number of carbonyl (C=O) groups excluding carboxylic acids is 2. The normalized spacial score (nSPS) is 13.4. The summed E-state index contributed by atoms with van der Waals surface area (Å²) < 4.78 is 6.75. The number of aryl methyl sites for hydroxylation is 1. The fourth-order valence-electron chi connectivity index (χ4n) is 3.13. The van der Waals surface area contributed by atoms with Gasteiger partial charge in [0.2, 0.25) is 5.91 Å². The molecular formula is C21H21N3O4S2. The number of hydrogen-bond donors (Lipinski definition) is 1. The van der Waals surface area contributed by atoms with Gasteiger partial charge < -0.3 is 10.1 Å². The number of anilines is 1. The molecule has 30 heavy (non-hydrogen) atoms. The molecule has 156 valence electrons. The number of hydrogen-bond acceptors (Lipinski definition) is 7. The van der Waals surface area contributed by atoms with Gasteiger partial charge in [0.1, 0.15) is 4.88 Å². The van der Waals surface area contributed by atoms with Gasteiger partial charge in [-0.3, -0.25) is 14.2 Å². The predicted octanol–water partition coefficient (Wildman–Crippen LogP) is 4.01. The highest BCUT2D eigenvalue weighted by atomic mass is 32.2. The number of thioether (sulfide) groups is 1. The summed E-state index contributed by atoms with van der Waals surface area (Å²) in [7, 11) is 0. The van der Waals surface area contributed by atoms with E-state index in [1.165, 1.54) is 23.1 Å². The Bertz CT molecular complexity index is 1180. The van der Waals surface area contributed by atoms with E-state index in [9.17, 15) is 14.4 Å². The van der Waals surface area contributed by atoms with E-state index < -0.39 is 0 Å². The first-order valence-corrected chi connectivity index (χ1v) is 11.5. The van der Waals surface area contributed by atoms with Gasteiger partial charge in [0.15, 0.2) is 5.16 Å². The van der Waals surface area contributed by atoms with Crippen LogP contribution in [-0.4, -0.2) is 33.8 Å². The molecule has 2 aromatic heterocycles. The van der Waals surface area contributed by atoms with Crippen molar-refractivity contribution in [1.82, 2.24) is 9.55 Å². The Balaban J connectivity index is 1.49. The standard InChI is InChI=1S/C21H21N3O4S2/c1-3-28-20(27)18-12(2)10-17(30-18)23-16(25)11-29-21-22-15-7-5-4-6-14(15)19(26)24(21)13-8-9-13/h4-7,10,13H,3,8-9,11H2,1-2H3,(H,23,25). The highest BCUT2D eigenvalue weighted by molar-refractivity contribution is 7.99. The zero-order valence-electron chi connectivity index (χ0n) is 16.6. The van der Waals surface area contributed by atoms with Gasteiger partial charge in [0.05, 0.1) is 28.3 Å². The molecule has 0 saturated heterocycles. The van der Waals surface area contributed by atoms with Crippen molar-refractivity contribution < 1.29 is 14.3 Å². The molecule has 3 aromatic rings. The van der Waals surface area contributed by atoms with Crippen molar-refractivity contribution in [3.05, 3.63) is 51.1 Å². The van der Waals surface area contributed by atoms with Crippen molar-refractivity contribution in [2.45, 2.75) is 37.9 Å². The number of rotatable bonds is 7. The highest BCUT2D eigenvalue weighted by Gasteiger charge is 2.28. The van der Waals surface area contributed by atoms with Crippen LogP contribution in [0.2, 0.25) is 0 Å². The van der Waals surface area contributed by atoms with E-state index in [0.29, 0.717) is 32.5 Å². The van der Waals surface area contributed by atoms with E-state index in [1.807, 2.05) is 18.2 Å². The minimum atomic E-state index is -0.385. The lowest BCUT2D eigenvalue weighted by Gasteiger charge is -2.12. The van der Waals surface area contributed by atoms with Crippen LogP contribution in [0.25, 0.3) is 10.9 Å². The molecule has 1 N–H and O–H groups in total. The Morgan fingerprint density at radius 2 is 2.10 bits per heavy atom. The molecule has 0 bridgehead atoms. The van der Waals surface area contributed by atoms with Crippen LogP contribution in [0.15, 0.2) is 40.3 Å². The number of thiophene rings is 1. The molecule has 0 unspecified atom stereocenters. The van der Waals surface area contributed by atoms with Crippen molar-refractivity contribution >= 4 is 50.9 Å². The summed E-state index contributed by atoms with van der Waals surface area (Å²) in [4.78, 5) is 42.4. The van der Waals surface area contributed by atoms with Gasteiger partial charge in [0, 0.05) is 6.04 Å². The Morgan fingerprint density at radius 3 is 2.83 bits per heavy atom. The predicted molar refractivity (Wildman–Crippen MR) is 119 cm³/mol. The van der Waals surface area contributed by atoms with Crippen LogP contribution in [0.3, 0.4) is 0 Å². The number of para-hydroxylation sites is 1. The largest absolute Gasteiger partial charge is 0.462 e. The molecule has 1 fully saturated rings. The van der Waals surface area contributed by atoms with E-state index in [-0.39, 0.29) is 29.2 Å². The molecular weight excluding hydrogens is 422 g/mol. The minimum Gasteiger partial charge on any atom is -0.462 e. The second kappa shape index (κ2) is 8.61. The molecule has 2 heterocycles. The van der Waals surface area contributed by atoms with E-state index >= 15 is 0 Å². The van der Waals surface area contributed by atoms with Gasteiger partial charge in [-0.25, -0.2) is 9.78 Å². The Labute approximate surface area is 181 Å². The average Bonchev–Trinajstić information content (AvgIpc) is 3.49. The zero-order chi connectivity index (χ0) is 21.3. The van der Waals surface area contributed by atoms with E-state index in [4.69, 9.17) is 4.74 Å². The van der Waals surface area contributed by atoms with Crippen LogP contribution in [0, 0.1) is 6.92 Å². The number of nitrogens with zero attached hydrogens (tertiary/aromatic N) is 2. The molecule has 1 aliphatic rings. The van der Waals surface area contributed by atoms with Crippen molar-refractivity contribution in [3.8, 4) is 0 Å². The fraction of sp³-hybridized carbons (Fsp3) is 0.333. The third-order valence-corrected chi connectivity index (χ3v) is 6.75. The maximum absolute atomic E-state index is 12.9. The van der Waals surface area contributed by atoms with Gasteiger partial charge in [0.25, 0.3) is 5.56 Å². The zero-order valence-corrected chi connectivity index (χ0v) is 18.3. The molecule has 1 aromatic carbocycles. The molecule has 0 spiro atoms. The lowest BCUT2D eigenvalue weighted by molar-refractivity contribution is -0.113. The third-order valence-electron chi connectivity index (χ3n) is 4.66. The SMILES string of the molecule is CCOC(=O)c1sc(NC(=O)CSc2nc3ccccc3c(=O)n2C2CC2)cc1C. The molecule has 0 radical (unpaired) electrons. The van der Waals surface area contributed by atoms with Gasteiger partial charge >= 0.3 is 5.97 Å². The minimum absolute atomic E-state index is 0.0565.